The summed E-state index contributed by atoms with van der Waals surface area (Å²) in [5, 5.41) is 18.7. The summed E-state index contributed by atoms with van der Waals surface area (Å²) in [4.78, 5) is 14.4. The fourth-order valence-corrected chi connectivity index (χ4v) is 2.03. The number of furan rings is 1. The van der Waals surface area contributed by atoms with Crippen molar-refractivity contribution < 1.29 is 19.4 Å². The molecule has 0 spiro atoms. The van der Waals surface area contributed by atoms with Crippen LogP contribution in [-0.2, 0) is 0 Å². The predicted octanol–water partition coefficient (Wildman–Crippen LogP) is 2.76. The van der Waals surface area contributed by atoms with Crippen LogP contribution in [0.3, 0.4) is 0 Å². The average Bonchev–Trinajstić information content (AvgIpc) is 2.53. The first-order chi connectivity index (χ1) is 7.00. The summed E-state index contributed by atoms with van der Waals surface area (Å²) in [5.41, 5.74) is -0.118. The molecule has 0 aliphatic carbocycles. The number of nitrogens with zero attached hydrogens (tertiary/aromatic N) is 1. The van der Waals surface area contributed by atoms with Crippen molar-refractivity contribution in [3.05, 3.63) is 21.0 Å². The molecule has 0 unspecified atom stereocenters. The first-order valence-electron chi connectivity index (χ1n) is 3.71. The van der Waals surface area contributed by atoms with Crippen LogP contribution in [0.4, 0.5) is 0 Å². The van der Waals surface area contributed by atoms with Crippen molar-refractivity contribution in [2.45, 2.75) is 0 Å². The Bertz CT molecular complexity index is 563. The van der Waals surface area contributed by atoms with E-state index >= 15 is 0 Å². The number of fused-ring (bicyclic) bond motifs is 1. The molecule has 5 nitrogen and oxygen atoms in total. The summed E-state index contributed by atoms with van der Waals surface area (Å²) < 4.78 is 5.79. The average molecular weight is 337 g/mol. The third kappa shape index (κ3) is 1.61. The van der Waals surface area contributed by atoms with Gasteiger partial charge in [-0.1, -0.05) is 0 Å². The lowest BCUT2D eigenvalue weighted by molar-refractivity contribution is 0.0687. The van der Waals surface area contributed by atoms with Crippen molar-refractivity contribution in [3.63, 3.8) is 0 Å². The molecule has 2 aromatic heterocycles. The molecule has 0 bridgehead atoms. The molecule has 2 N–H and O–H groups in total. The number of halogens is 2. The number of rotatable bonds is 1. The highest BCUT2D eigenvalue weighted by molar-refractivity contribution is 9.10. The lowest BCUT2D eigenvalue weighted by Gasteiger charge is -2.00. The standard InChI is InChI=1S/C8H3Br2NO4/c9-3-1-2-5(12)4(8(13)14)11-7(10)6(2)15-3/h1,12H,(H,13,14). The second-order valence-electron chi connectivity index (χ2n) is 2.70. The van der Waals surface area contributed by atoms with Crippen LogP contribution in [0.5, 0.6) is 5.75 Å². The maximum atomic E-state index is 10.7. The predicted molar refractivity (Wildman–Crippen MR) is 58.0 cm³/mol. The Kier molecular flexibility index (Phi) is 2.43. The van der Waals surface area contributed by atoms with Crippen molar-refractivity contribution in [1.82, 2.24) is 4.98 Å². The van der Waals surface area contributed by atoms with Gasteiger partial charge in [0.25, 0.3) is 0 Å². The smallest absolute Gasteiger partial charge is 0.358 e. The molecule has 0 aliphatic heterocycles. The molecule has 2 aromatic rings. The molecule has 0 fully saturated rings. The van der Waals surface area contributed by atoms with Crippen molar-refractivity contribution in [3.8, 4) is 5.75 Å². The summed E-state index contributed by atoms with van der Waals surface area (Å²) in [6.45, 7) is 0. The van der Waals surface area contributed by atoms with E-state index < -0.39 is 17.4 Å². The van der Waals surface area contributed by atoms with E-state index in [1.165, 1.54) is 6.07 Å². The summed E-state index contributed by atoms with van der Waals surface area (Å²) >= 11 is 6.14. The van der Waals surface area contributed by atoms with Crippen LogP contribution >= 0.6 is 31.9 Å². The Hall–Kier alpha value is -1.08. The Labute approximate surface area is 100.0 Å². The number of carboxylic acid groups (broad SMARTS) is 1. The minimum absolute atomic E-state index is 0.235. The van der Waals surface area contributed by atoms with Crippen LogP contribution in [0.25, 0.3) is 11.0 Å². The Morgan fingerprint density at radius 3 is 2.73 bits per heavy atom. The van der Waals surface area contributed by atoms with Crippen LogP contribution in [0.15, 0.2) is 19.8 Å². The van der Waals surface area contributed by atoms with E-state index in [1.807, 2.05) is 0 Å². The van der Waals surface area contributed by atoms with Crippen LogP contribution in [0.1, 0.15) is 10.5 Å². The third-order valence-electron chi connectivity index (χ3n) is 1.78. The van der Waals surface area contributed by atoms with Gasteiger partial charge < -0.3 is 14.6 Å². The molecular weight excluding hydrogens is 334 g/mol. The van der Waals surface area contributed by atoms with E-state index in [9.17, 15) is 9.90 Å². The number of carboxylic acids is 1. The fraction of sp³-hybridized carbons (Fsp3) is 0. The monoisotopic (exact) mass is 335 g/mol. The van der Waals surface area contributed by atoms with Gasteiger partial charge in [0.05, 0.1) is 5.39 Å². The number of hydrogen-bond acceptors (Lipinski definition) is 4. The molecule has 0 saturated carbocycles. The SMILES string of the molecule is O=C(O)c1nc(Br)c2oc(Br)cc2c1O. The minimum atomic E-state index is -1.30. The molecule has 0 saturated heterocycles. The molecule has 0 aromatic carbocycles. The van der Waals surface area contributed by atoms with Crippen molar-refractivity contribution >= 4 is 48.8 Å². The molecule has 78 valence electrons. The summed E-state index contributed by atoms with van der Waals surface area (Å²) in [5.74, 6) is -1.71. The fourth-order valence-electron chi connectivity index (χ4n) is 1.17. The highest BCUT2D eigenvalue weighted by Gasteiger charge is 2.20. The third-order valence-corrected chi connectivity index (χ3v) is 2.71. The van der Waals surface area contributed by atoms with Crippen LogP contribution in [0.2, 0.25) is 0 Å². The van der Waals surface area contributed by atoms with Gasteiger partial charge in [-0.3, -0.25) is 0 Å². The largest absolute Gasteiger partial charge is 0.505 e. The second kappa shape index (κ2) is 3.49. The highest BCUT2D eigenvalue weighted by Crippen LogP contribution is 2.36. The van der Waals surface area contributed by atoms with Crippen molar-refractivity contribution in [2.75, 3.05) is 0 Å². The lowest BCUT2D eigenvalue weighted by atomic mass is 10.2. The number of pyridine rings is 1. The van der Waals surface area contributed by atoms with Crippen LogP contribution < -0.4 is 0 Å². The maximum absolute atomic E-state index is 10.7. The molecule has 2 heterocycles. The van der Waals surface area contributed by atoms with Gasteiger partial charge in [0.2, 0.25) is 0 Å². The molecule has 7 heteroatoms. The number of aromatic hydroxyl groups is 1. The van der Waals surface area contributed by atoms with E-state index in [4.69, 9.17) is 9.52 Å². The first kappa shape index (κ1) is 10.4. The van der Waals surface area contributed by atoms with Gasteiger partial charge in [0, 0.05) is 6.07 Å². The topological polar surface area (TPSA) is 83.6 Å². The van der Waals surface area contributed by atoms with Gasteiger partial charge in [-0.25, -0.2) is 9.78 Å². The number of aromatic carboxylic acids is 1. The van der Waals surface area contributed by atoms with Gasteiger partial charge >= 0.3 is 5.97 Å². The molecule has 15 heavy (non-hydrogen) atoms. The van der Waals surface area contributed by atoms with E-state index in [0.717, 1.165) is 0 Å². The van der Waals surface area contributed by atoms with E-state index in [0.29, 0.717) is 15.6 Å². The van der Waals surface area contributed by atoms with Gasteiger partial charge in [-0.2, -0.15) is 0 Å². The number of hydrogen-bond donors (Lipinski definition) is 2. The first-order valence-corrected chi connectivity index (χ1v) is 5.30. The number of carbonyl (C=O) groups is 1. The zero-order chi connectivity index (χ0) is 11.2. The van der Waals surface area contributed by atoms with Crippen molar-refractivity contribution in [1.29, 1.82) is 0 Å². The van der Waals surface area contributed by atoms with Gasteiger partial charge in [0.15, 0.2) is 26.3 Å². The van der Waals surface area contributed by atoms with Gasteiger partial charge in [-0.15, -0.1) is 0 Å². The van der Waals surface area contributed by atoms with E-state index in [1.54, 1.807) is 0 Å². The Morgan fingerprint density at radius 1 is 1.47 bits per heavy atom. The number of aromatic nitrogens is 1. The van der Waals surface area contributed by atoms with Gasteiger partial charge in [-0.05, 0) is 31.9 Å². The molecule has 0 aliphatic rings. The Balaban J connectivity index is 2.89. The lowest BCUT2D eigenvalue weighted by Crippen LogP contribution is -2.01. The molecular formula is C8H3Br2NO4. The second-order valence-corrected chi connectivity index (χ2v) is 4.23. The summed E-state index contributed by atoms with van der Waals surface area (Å²) in [7, 11) is 0. The van der Waals surface area contributed by atoms with E-state index in [2.05, 4.69) is 36.8 Å². The van der Waals surface area contributed by atoms with Crippen molar-refractivity contribution in [2.24, 2.45) is 0 Å². The Morgan fingerprint density at radius 2 is 2.13 bits per heavy atom. The minimum Gasteiger partial charge on any atom is -0.505 e. The zero-order valence-electron chi connectivity index (χ0n) is 6.99. The molecule has 0 radical (unpaired) electrons. The van der Waals surface area contributed by atoms with Crippen LogP contribution in [-0.4, -0.2) is 21.2 Å². The van der Waals surface area contributed by atoms with Gasteiger partial charge in [0.1, 0.15) is 0 Å². The summed E-state index contributed by atoms with van der Waals surface area (Å²) in [6.07, 6.45) is 0. The molecule has 0 amide bonds. The summed E-state index contributed by atoms with van der Waals surface area (Å²) in [6, 6.07) is 1.48. The molecule has 2 rings (SSSR count). The highest BCUT2D eigenvalue weighted by atomic mass is 79.9. The van der Waals surface area contributed by atoms with Crippen LogP contribution in [0, 0.1) is 0 Å². The van der Waals surface area contributed by atoms with E-state index in [-0.39, 0.29) is 4.60 Å². The quantitative estimate of drug-likeness (QED) is 0.782. The maximum Gasteiger partial charge on any atom is 0.358 e. The zero-order valence-corrected chi connectivity index (χ0v) is 10.2. The molecule has 0 atom stereocenters. The normalized spacial score (nSPS) is 10.8.